The molecular weight excluding hydrogens is 925 g/mol. The van der Waals surface area contributed by atoms with Gasteiger partial charge in [-0.3, -0.25) is 4.79 Å². The Labute approximate surface area is 376 Å². The van der Waals surface area contributed by atoms with E-state index in [9.17, 15) is 27.6 Å². The quantitative estimate of drug-likeness (QED) is 0.0341. The van der Waals surface area contributed by atoms with E-state index in [2.05, 4.69) is 41.0 Å². The van der Waals surface area contributed by atoms with E-state index in [4.69, 9.17) is 43.7 Å². The molecule has 4 unspecified atom stereocenters. The standard InChI is InChI=1S/C9H18O3S2.C8H16O4S2.2C7H14O4S.C2H6O2S2/c1-8(10)9(11-2)7-12-5-4-6-14-13-3;1-11-7(8(9)10)6-12-4-3-5-14-13-2;2*1-10-6(7(8)9)5-11-3-2-4-12;1-5-6(2,3)4/h9H,4-7H2,1-3H3;7H,3-6H2,1-2H3,(H,9,10);2*6,12H,2-5H2,1H3,(H,8,9);1-2H3. The molecule has 4 atom stereocenters. The Hall–Kier alpha value is 0.160. The number of hydrogen-bond donors (Lipinski definition) is 5. The molecule has 0 saturated carbocycles. The summed E-state index contributed by atoms with van der Waals surface area (Å²) in [6.07, 6.45) is 7.42. The molecule has 0 saturated heterocycles. The van der Waals surface area contributed by atoms with Crippen molar-refractivity contribution in [2.24, 2.45) is 0 Å². The first-order valence-electron chi connectivity index (χ1n) is 17.3. The minimum atomic E-state index is -2.75. The highest BCUT2D eigenvalue weighted by Crippen LogP contribution is 2.17. The summed E-state index contributed by atoms with van der Waals surface area (Å²) in [5.41, 5.74) is 0. The average Bonchev–Trinajstić information content (AvgIpc) is 3.17. The van der Waals surface area contributed by atoms with E-state index in [0.29, 0.717) is 33.0 Å². The van der Waals surface area contributed by atoms with Crippen LogP contribution in [0.1, 0.15) is 32.6 Å². The molecule has 3 N–H and O–H groups in total. The summed E-state index contributed by atoms with van der Waals surface area (Å²) < 4.78 is 59.4. The van der Waals surface area contributed by atoms with Crippen LogP contribution in [-0.2, 0) is 65.9 Å². The van der Waals surface area contributed by atoms with Gasteiger partial charge in [-0.05, 0) is 73.7 Å². The zero-order valence-corrected chi connectivity index (χ0v) is 41.7. The maximum Gasteiger partial charge on any atom is 0.335 e. The monoisotopic (exact) mass is 992 g/mol. The van der Waals surface area contributed by atoms with Crippen LogP contribution in [0.2, 0.25) is 0 Å². The summed E-state index contributed by atoms with van der Waals surface area (Å²) in [6, 6.07) is 0. The number of aliphatic carboxylic acids is 3. The minimum absolute atomic E-state index is 0.0194. The van der Waals surface area contributed by atoms with Gasteiger partial charge in [0.2, 0.25) is 0 Å². The molecule has 0 aromatic heterocycles. The summed E-state index contributed by atoms with van der Waals surface area (Å²) in [5.74, 6) is 0.629. The van der Waals surface area contributed by atoms with Crippen LogP contribution in [0.3, 0.4) is 0 Å². The number of thiol groups is 2. The van der Waals surface area contributed by atoms with E-state index in [0.717, 1.165) is 59.5 Å². The van der Waals surface area contributed by atoms with Gasteiger partial charge in [-0.1, -0.05) is 43.2 Å². The Balaban J connectivity index is -0.000000206. The topological polar surface area (TPSA) is 237 Å². The van der Waals surface area contributed by atoms with Crippen LogP contribution in [0.15, 0.2) is 0 Å². The number of Topliss-reactive ketones (excluding diaryl/α,β-unsaturated/α-hetero) is 1. The van der Waals surface area contributed by atoms with Crippen molar-refractivity contribution in [2.45, 2.75) is 57.0 Å². The highest BCUT2D eigenvalue weighted by Gasteiger charge is 2.17. The molecule has 58 heavy (non-hydrogen) atoms. The van der Waals surface area contributed by atoms with Crippen LogP contribution in [0.25, 0.3) is 0 Å². The first-order chi connectivity index (χ1) is 27.4. The molecular formula is C33H68O17S8. The van der Waals surface area contributed by atoms with Gasteiger partial charge in [0.1, 0.15) is 6.10 Å². The number of methoxy groups -OCH3 is 4. The predicted molar refractivity (Wildman–Crippen MR) is 247 cm³/mol. The van der Waals surface area contributed by atoms with E-state index in [1.807, 2.05) is 17.0 Å². The molecule has 0 aliphatic carbocycles. The number of ether oxygens (including phenoxy) is 8. The Bertz CT molecular complexity index is 985. The first kappa shape index (κ1) is 67.2. The van der Waals surface area contributed by atoms with Crippen LogP contribution in [0.4, 0.5) is 0 Å². The third-order valence-electron chi connectivity index (χ3n) is 5.96. The van der Waals surface area contributed by atoms with Crippen molar-refractivity contribution in [3.05, 3.63) is 0 Å². The molecule has 17 nitrogen and oxygen atoms in total. The van der Waals surface area contributed by atoms with E-state index in [1.54, 1.807) is 32.4 Å². The van der Waals surface area contributed by atoms with E-state index < -0.39 is 51.2 Å². The van der Waals surface area contributed by atoms with Crippen LogP contribution in [0, 0.1) is 0 Å². The van der Waals surface area contributed by atoms with Gasteiger partial charge in [-0.25, -0.2) is 22.8 Å². The van der Waals surface area contributed by atoms with Crippen LogP contribution >= 0.6 is 79.2 Å². The van der Waals surface area contributed by atoms with Gasteiger partial charge in [0, 0.05) is 72.6 Å². The molecule has 25 heteroatoms. The zero-order valence-electron chi connectivity index (χ0n) is 35.0. The number of carbonyl (C=O) groups is 4. The molecule has 0 aliphatic rings. The number of carboxylic acids is 3. The fraction of sp³-hybridized carbons (Fsp3) is 0.879. The molecule has 0 aromatic rings. The third kappa shape index (κ3) is 56.2. The fourth-order valence-electron chi connectivity index (χ4n) is 2.77. The third-order valence-corrected chi connectivity index (χ3v) is 12.8. The molecule has 0 aliphatic heterocycles. The largest absolute Gasteiger partial charge is 0.479 e. The lowest BCUT2D eigenvalue weighted by molar-refractivity contribution is -0.153. The molecule has 0 heterocycles. The molecule has 0 rings (SSSR count). The summed E-state index contributed by atoms with van der Waals surface area (Å²) in [7, 11) is 10.8. The average molecular weight is 993 g/mol. The van der Waals surface area contributed by atoms with Gasteiger partial charge in [-0.15, -0.1) is 0 Å². The van der Waals surface area contributed by atoms with E-state index in [1.165, 1.54) is 47.9 Å². The summed E-state index contributed by atoms with van der Waals surface area (Å²) in [5, 5.41) is 25.6. The molecule has 0 aromatic carbocycles. The second-order valence-corrected chi connectivity index (χ2v) is 21.4. The van der Waals surface area contributed by atoms with Crippen molar-refractivity contribution < 1.29 is 80.8 Å². The van der Waals surface area contributed by atoms with Crippen molar-refractivity contribution in [2.75, 3.05) is 129 Å². The molecule has 0 fully saturated rings. The molecule has 0 amide bonds. The Kier molecular flexibility index (Phi) is 59.7. The highest BCUT2D eigenvalue weighted by molar-refractivity contribution is 8.76. The first-order valence-corrected chi connectivity index (χ1v) is 27.7. The molecule has 0 radical (unpaired) electrons. The number of carboxylic acid groups (broad SMARTS) is 3. The van der Waals surface area contributed by atoms with Gasteiger partial charge in [0.05, 0.1) is 26.4 Å². The second kappa shape index (κ2) is 51.5. The van der Waals surface area contributed by atoms with Crippen LogP contribution in [-0.4, -0.2) is 201 Å². The van der Waals surface area contributed by atoms with Gasteiger partial charge < -0.3 is 53.2 Å². The smallest absolute Gasteiger partial charge is 0.335 e. The lowest BCUT2D eigenvalue weighted by Gasteiger charge is -2.11. The minimum Gasteiger partial charge on any atom is -0.479 e. The normalized spacial score (nSPS) is 12.7. The van der Waals surface area contributed by atoms with Gasteiger partial charge in [0.15, 0.2) is 33.0 Å². The maximum atomic E-state index is 10.9. The van der Waals surface area contributed by atoms with Crippen molar-refractivity contribution in [1.82, 2.24) is 0 Å². The zero-order chi connectivity index (χ0) is 45.6. The lowest BCUT2D eigenvalue weighted by Crippen LogP contribution is -2.28. The number of rotatable bonds is 33. The highest BCUT2D eigenvalue weighted by atomic mass is 33.1. The predicted octanol–water partition coefficient (Wildman–Crippen LogP) is 4.67. The molecule has 0 spiro atoms. The number of hydrogen-bond acceptors (Lipinski definition) is 21. The van der Waals surface area contributed by atoms with Crippen molar-refractivity contribution in [1.29, 1.82) is 0 Å². The van der Waals surface area contributed by atoms with Crippen LogP contribution < -0.4 is 0 Å². The van der Waals surface area contributed by atoms with Gasteiger partial charge in [0.25, 0.3) is 0 Å². The fourth-order valence-corrected chi connectivity index (χ4v) is 5.54. The summed E-state index contributed by atoms with van der Waals surface area (Å²) >= 11 is 7.96. The van der Waals surface area contributed by atoms with Crippen molar-refractivity contribution in [3.63, 3.8) is 0 Å². The van der Waals surface area contributed by atoms with Crippen molar-refractivity contribution in [3.8, 4) is 0 Å². The van der Waals surface area contributed by atoms with E-state index >= 15 is 0 Å². The SMILES string of the molecule is COC(COCCCS)C(=O)O.COC(COCCCS)C(=O)O.COC(COCCCSSC)C(=O)O.COC(COCCCSSC)C(C)=O.CSS(C)(=O)=O. The lowest BCUT2D eigenvalue weighted by atomic mass is 10.3. The summed E-state index contributed by atoms with van der Waals surface area (Å²) in [4.78, 5) is 42.2. The number of ketones is 1. The Morgan fingerprint density at radius 1 is 0.552 bits per heavy atom. The second-order valence-electron chi connectivity index (χ2n) is 10.5. The van der Waals surface area contributed by atoms with Crippen molar-refractivity contribution >= 4 is 112 Å². The maximum absolute atomic E-state index is 10.9. The van der Waals surface area contributed by atoms with Crippen LogP contribution in [0.5, 0.6) is 0 Å². The molecule has 350 valence electrons. The van der Waals surface area contributed by atoms with Gasteiger partial charge in [-0.2, -0.15) is 25.3 Å². The molecule has 0 bridgehead atoms. The number of carbonyl (C=O) groups excluding carboxylic acids is 1. The van der Waals surface area contributed by atoms with E-state index in [-0.39, 0.29) is 25.6 Å². The Morgan fingerprint density at radius 3 is 1.00 bits per heavy atom. The van der Waals surface area contributed by atoms with Gasteiger partial charge >= 0.3 is 17.9 Å². The summed E-state index contributed by atoms with van der Waals surface area (Å²) in [6.45, 7) is 4.53. The Morgan fingerprint density at radius 2 is 0.810 bits per heavy atom.